The Hall–Kier alpha value is -1.78. The number of amides is 1. The molecule has 0 aromatic rings. The van der Waals surface area contributed by atoms with E-state index in [1.54, 1.807) is 0 Å². The summed E-state index contributed by atoms with van der Waals surface area (Å²) in [6.07, 6.45) is 2.10. The molecule has 5 nitrogen and oxygen atoms in total. The topological polar surface area (TPSA) is 87.1 Å². The van der Waals surface area contributed by atoms with Gasteiger partial charge in [0.05, 0.1) is 0 Å². The zero-order chi connectivity index (χ0) is 10.0. The molecule has 13 heavy (non-hydrogen) atoms. The van der Waals surface area contributed by atoms with Crippen molar-refractivity contribution < 1.29 is 14.4 Å². The summed E-state index contributed by atoms with van der Waals surface area (Å²) in [6.45, 7) is 1.23. The van der Waals surface area contributed by atoms with Crippen LogP contribution in [-0.2, 0) is 14.4 Å². The number of hydrogen-bond acceptors (Lipinski definition) is 4. The summed E-state index contributed by atoms with van der Waals surface area (Å²) < 4.78 is 0. The molecule has 1 aliphatic rings. The highest BCUT2D eigenvalue weighted by atomic mass is 16.2. The number of carbonyl (C=O) groups excluding carboxylic acids is 3. The molecule has 1 atom stereocenters. The maximum atomic E-state index is 11.1. The van der Waals surface area contributed by atoms with Gasteiger partial charge in [0.25, 0.3) is 0 Å². The van der Waals surface area contributed by atoms with Crippen LogP contribution in [0.3, 0.4) is 0 Å². The Morgan fingerprint density at radius 2 is 2.08 bits per heavy atom. The van der Waals surface area contributed by atoms with E-state index in [0.29, 0.717) is 0 Å². The van der Waals surface area contributed by atoms with E-state index in [9.17, 15) is 14.4 Å². The van der Waals surface area contributed by atoms with Gasteiger partial charge in [-0.25, -0.2) is 0 Å². The van der Waals surface area contributed by atoms with Crippen molar-refractivity contribution in [1.82, 2.24) is 5.32 Å². The van der Waals surface area contributed by atoms with E-state index in [1.165, 1.54) is 6.92 Å². The standard InChI is InChI=1S/C8H8N2O3/c1-4(11)10-8-6(13)3-2-5(12)7(8)9/h2-3,8-9H,1H3,(H,10,11). The van der Waals surface area contributed by atoms with Crippen molar-refractivity contribution in [2.24, 2.45) is 0 Å². The van der Waals surface area contributed by atoms with Crippen LogP contribution in [0.2, 0.25) is 0 Å². The van der Waals surface area contributed by atoms with E-state index in [0.717, 1.165) is 12.2 Å². The van der Waals surface area contributed by atoms with Crippen LogP contribution in [0.25, 0.3) is 0 Å². The van der Waals surface area contributed by atoms with Gasteiger partial charge in [-0.05, 0) is 12.2 Å². The van der Waals surface area contributed by atoms with Crippen molar-refractivity contribution in [3.05, 3.63) is 12.2 Å². The molecule has 0 aromatic heterocycles. The molecule has 1 aliphatic carbocycles. The van der Waals surface area contributed by atoms with Crippen molar-refractivity contribution in [2.45, 2.75) is 13.0 Å². The van der Waals surface area contributed by atoms with Gasteiger partial charge in [-0.15, -0.1) is 0 Å². The Bertz CT molecular complexity index is 330. The minimum Gasteiger partial charge on any atom is -0.341 e. The van der Waals surface area contributed by atoms with Crippen molar-refractivity contribution in [2.75, 3.05) is 0 Å². The lowest BCUT2D eigenvalue weighted by Gasteiger charge is -2.16. The van der Waals surface area contributed by atoms with Crippen LogP contribution in [0.5, 0.6) is 0 Å². The highest BCUT2D eigenvalue weighted by molar-refractivity contribution is 6.51. The van der Waals surface area contributed by atoms with E-state index < -0.39 is 23.5 Å². The van der Waals surface area contributed by atoms with Crippen LogP contribution < -0.4 is 5.32 Å². The van der Waals surface area contributed by atoms with Gasteiger partial charge in [-0.1, -0.05) is 0 Å². The fourth-order valence-electron chi connectivity index (χ4n) is 0.975. The Morgan fingerprint density at radius 3 is 2.62 bits per heavy atom. The molecule has 0 fully saturated rings. The summed E-state index contributed by atoms with van der Waals surface area (Å²) in [4.78, 5) is 32.6. The first-order valence-corrected chi connectivity index (χ1v) is 3.64. The summed E-state index contributed by atoms with van der Waals surface area (Å²) in [5.41, 5.74) is -0.386. The van der Waals surface area contributed by atoms with Gasteiger partial charge in [0.1, 0.15) is 11.8 Å². The van der Waals surface area contributed by atoms with Gasteiger partial charge in [-0.2, -0.15) is 0 Å². The van der Waals surface area contributed by atoms with E-state index in [2.05, 4.69) is 5.32 Å². The number of rotatable bonds is 1. The maximum absolute atomic E-state index is 11.1. The number of nitrogens with one attached hydrogen (secondary N) is 2. The minimum atomic E-state index is -1.10. The molecule has 0 aromatic carbocycles. The molecule has 0 radical (unpaired) electrons. The third kappa shape index (κ3) is 1.87. The molecular weight excluding hydrogens is 172 g/mol. The number of hydrogen-bond donors (Lipinski definition) is 2. The summed E-state index contributed by atoms with van der Waals surface area (Å²) >= 11 is 0. The van der Waals surface area contributed by atoms with Gasteiger partial charge < -0.3 is 5.32 Å². The molecule has 0 saturated heterocycles. The van der Waals surface area contributed by atoms with Crippen LogP contribution in [0.15, 0.2) is 12.2 Å². The first kappa shape index (κ1) is 9.31. The molecular formula is C8H8N2O3. The third-order valence-electron chi connectivity index (χ3n) is 1.59. The fraction of sp³-hybridized carbons (Fsp3) is 0.250. The summed E-state index contributed by atoms with van der Waals surface area (Å²) in [5, 5.41) is 9.47. The summed E-state index contributed by atoms with van der Waals surface area (Å²) in [5.74, 6) is -1.43. The zero-order valence-electron chi connectivity index (χ0n) is 6.96. The average Bonchev–Trinajstić information content (AvgIpc) is 2.05. The van der Waals surface area contributed by atoms with Crippen molar-refractivity contribution in [3.8, 4) is 0 Å². The monoisotopic (exact) mass is 180 g/mol. The highest BCUT2D eigenvalue weighted by Crippen LogP contribution is 2.01. The number of allylic oxidation sites excluding steroid dienone is 1. The van der Waals surface area contributed by atoms with Crippen LogP contribution in [0.1, 0.15) is 6.92 Å². The highest BCUT2D eigenvalue weighted by Gasteiger charge is 2.29. The van der Waals surface area contributed by atoms with Crippen molar-refractivity contribution in [3.63, 3.8) is 0 Å². The van der Waals surface area contributed by atoms with Crippen LogP contribution in [0.4, 0.5) is 0 Å². The molecule has 2 N–H and O–H groups in total. The van der Waals surface area contributed by atoms with Gasteiger partial charge in [0, 0.05) is 6.92 Å². The molecule has 1 rings (SSSR count). The van der Waals surface area contributed by atoms with E-state index in [1.807, 2.05) is 0 Å². The summed E-state index contributed by atoms with van der Waals surface area (Å²) in [6, 6.07) is -1.10. The Balaban J connectivity index is 2.89. The normalized spacial score (nSPS) is 21.9. The Morgan fingerprint density at radius 1 is 1.46 bits per heavy atom. The van der Waals surface area contributed by atoms with Crippen molar-refractivity contribution >= 4 is 23.2 Å². The second kappa shape index (κ2) is 3.30. The lowest BCUT2D eigenvalue weighted by molar-refractivity contribution is -0.123. The predicted molar refractivity (Wildman–Crippen MR) is 44.5 cm³/mol. The number of carbonyl (C=O) groups is 3. The Kier molecular flexibility index (Phi) is 2.36. The second-order valence-electron chi connectivity index (χ2n) is 2.65. The second-order valence-corrected chi connectivity index (χ2v) is 2.65. The first-order chi connectivity index (χ1) is 6.02. The molecule has 68 valence electrons. The molecule has 0 spiro atoms. The molecule has 0 saturated carbocycles. The van der Waals surface area contributed by atoms with E-state index in [-0.39, 0.29) is 5.71 Å². The van der Waals surface area contributed by atoms with Crippen molar-refractivity contribution in [1.29, 1.82) is 5.41 Å². The minimum absolute atomic E-state index is 0.386. The summed E-state index contributed by atoms with van der Waals surface area (Å²) in [7, 11) is 0. The third-order valence-corrected chi connectivity index (χ3v) is 1.59. The molecule has 0 heterocycles. The van der Waals surface area contributed by atoms with E-state index in [4.69, 9.17) is 5.41 Å². The molecule has 1 unspecified atom stereocenters. The SMILES string of the molecule is CC(=O)NC1C(=N)C(=O)C=CC1=O. The quantitative estimate of drug-likeness (QED) is 0.554. The molecule has 1 amide bonds. The maximum Gasteiger partial charge on any atom is 0.217 e. The fourth-order valence-corrected chi connectivity index (χ4v) is 0.975. The molecule has 0 bridgehead atoms. The van der Waals surface area contributed by atoms with Gasteiger partial charge in [0.15, 0.2) is 5.78 Å². The average molecular weight is 180 g/mol. The van der Waals surface area contributed by atoms with E-state index >= 15 is 0 Å². The van der Waals surface area contributed by atoms with Gasteiger partial charge in [0.2, 0.25) is 11.7 Å². The van der Waals surface area contributed by atoms with Crippen LogP contribution in [0, 0.1) is 5.41 Å². The predicted octanol–water partition coefficient (Wildman–Crippen LogP) is -0.781. The largest absolute Gasteiger partial charge is 0.341 e. The molecule has 0 aliphatic heterocycles. The lowest BCUT2D eigenvalue weighted by Crippen LogP contribution is -2.49. The Labute approximate surface area is 74.3 Å². The van der Waals surface area contributed by atoms with Crippen LogP contribution >= 0.6 is 0 Å². The first-order valence-electron chi connectivity index (χ1n) is 3.64. The van der Waals surface area contributed by atoms with Crippen LogP contribution in [-0.4, -0.2) is 29.2 Å². The number of ketones is 2. The zero-order valence-corrected chi connectivity index (χ0v) is 6.96. The smallest absolute Gasteiger partial charge is 0.217 e. The molecule has 5 heteroatoms. The van der Waals surface area contributed by atoms with Gasteiger partial charge >= 0.3 is 0 Å². The lowest BCUT2D eigenvalue weighted by atomic mass is 9.97. The van der Waals surface area contributed by atoms with Gasteiger partial charge in [-0.3, -0.25) is 19.8 Å².